The fourth-order valence-electron chi connectivity index (χ4n) is 3.92. The van der Waals surface area contributed by atoms with Crippen molar-refractivity contribution in [2.75, 3.05) is 32.7 Å². The smallest absolute Gasteiger partial charge is 0.408 e. The van der Waals surface area contributed by atoms with E-state index < -0.39 is 0 Å². The maximum absolute atomic E-state index is 12.6. The lowest BCUT2D eigenvalue weighted by atomic mass is 10.1. The lowest BCUT2D eigenvalue weighted by Crippen LogP contribution is -2.49. The largest absolute Gasteiger partial charge is 0.419 e. The third-order valence-corrected chi connectivity index (χ3v) is 5.63. The number of aryl methyl sites for hydroxylation is 1. The van der Waals surface area contributed by atoms with Crippen molar-refractivity contribution >= 4 is 17.0 Å². The van der Waals surface area contributed by atoms with Crippen molar-refractivity contribution in [2.24, 2.45) is 0 Å². The monoisotopic (exact) mass is 393 g/mol. The van der Waals surface area contributed by atoms with Crippen LogP contribution in [0.2, 0.25) is 0 Å². The van der Waals surface area contributed by atoms with Gasteiger partial charge in [-0.15, -0.1) is 0 Å². The second kappa shape index (κ2) is 9.09. The van der Waals surface area contributed by atoms with Crippen LogP contribution in [0, 0.1) is 0 Å². The SMILES string of the molecule is O=C(CCCn1c(=O)oc2ccccc21)N1CCN(CCc2ccccc2)CC1. The van der Waals surface area contributed by atoms with Gasteiger partial charge in [-0.1, -0.05) is 42.5 Å². The Morgan fingerprint density at radius 1 is 0.897 bits per heavy atom. The Bertz CT molecular complexity index is 1000. The Hall–Kier alpha value is -2.86. The summed E-state index contributed by atoms with van der Waals surface area (Å²) in [5.41, 5.74) is 2.74. The average Bonchev–Trinajstić information content (AvgIpc) is 3.08. The summed E-state index contributed by atoms with van der Waals surface area (Å²) in [5.74, 6) is -0.181. The molecule has 1 aromatic heterocycles. The third-order valence-electron chi connectivity index (χ3n) is 5.63. The molecule has 0 radical (unpaired) electrons. The second-order valence-electron chi connectivity index (χ2n) is 7.55. The molecule has 1 aliphatic heterocycles. The lowest BCUT2D eigenvalue weighted by molar-refractivity contribution is -0.133. The quantitative estimate of drug-likeness (QED) is 0.619. The van der Waals surface area contributed by atoms with Crippen LogP contribution in [0.25, 0.3) is 11.1 Å². The molecule has 1 amide bonds. The molecule has 2 aromatic carbocycles. The van der Waals surface area contributed by atoms with Gasteiger partial charge < -0.3 is 9.32 Å². The first-order valence-electron chi connectivity index (χ1n) is 10.3. The summed E-state index contributed by atoms with van der Waals surface area (Å²) in [6.45, 7) is 4.93. The molecule has 0 atom stereocenters. The maximum Gasteiger partial charge on any atom is 0.419 e. The number of amides is 1. The van der Waals surface area contributed by atoms with Crippen molar-refractivity contribution in [3.8, 4) is 0 Å². The highest BCUT2D eigenvalue weighted by Gasteiger charge is 2.20. The van der Waals surface area contributed by atoms with E-state index in [1.807, 2.05) is 29.2 Å². The van der Waals surface area contributed by atoms with Crippen molar-refractivity contribution in [1.29, 1.82) is 0 Å². The molecule has 152 valence electrons. The number of nitrogens with zero attached hydrogens (tertiary/aromatic N) is 3. The first kappa shape index (κ1) is 19.5. The van der Waals surface area contributed by atoms with Crippen LogP contribution in [0.4, 0.5) is 0 Å². The highest BCUT2D eigenvalue weighted by molar-refractivity contribution is 5.76. The number of carbonyl (C=O) groups excluding carboxylic acids is 1. The van der Waals surface area contributed by atoms with Gasteiger partial charge in [0.25, 0.3) is 0 Å². The summed E-state index contributed by atoms with van der Waals surface area (Å²) < 4.78 is 6.86. The van der Waals surface area contributed by atoms with Gasteiger partial charge in [-0.05, 0) is 30.5 Å². The standard InChI is InChI=1S/C23H27N3O3/c27-22(11-6-13-26-20-9-4-5-10-21(20)29-23(26)28)25-17-15-24(16-18-25)14-12-19-7-2-1-3-8-19/h1-5,7-10H,6,11-18H2. The summed E-state index contributed by atoms with van der Waals surface area (Å²) in [7, 11) is 0. The molecule has 2 heterocycles. The maximum atomic E-state index is 12.6. The minimum atomic E-state index is -0.356. The molecule has 0 bridgehead atoms. The number of benzene rings is 2. The third kappa shape index (κ3) is 4.77. The molecule has 29 heavy (non-hydrogen) atoms. The Labute approximate surface area is 170 Å². The number of oxazole rings is 1. The van der Waals surface area contributed by atoms with Gasteiger partial charge in [-0.25, -0.2) is 4.79 Å². The van der Waals surface area contributed by atoms with Gasteiger partial charge in [-0.3, -0.25) is 14.3 Å². The van der Waals surface area contributed by atoms with Gasteiger partial charge in [0.15, 0.2) is 5.58 Å². The van der Waals surface area contributed by atoms with Crippen LogP contribution in [0.5, 0.6) is 0 Å². The molecule has 0 aliphatic carbocycles. The fraction of sp³-hybridized carbons (Fsp3) is 0.391. The highest BCUT2D eigenvalue weighted by atomic mass is 16.4. The number of fused-ring (bicyclic) bond motifs is 1. The Balaban J connectivity index is 1.21. The number of rotatable bonds is 7. The van der Waals surface area contributed by atoms with Gasteiger partial charge >= 0.3 is 5.76 Å². The van der Waals surface area contributed by atoms with E-state index in [-0.39, 0.29) is 11.7 Å². The normalized spacial score (nSPS) is 15.1. The van der Waals surface area contributed by atoms with E-state index >= 15 is 0 Å². The molecule has 3 aromatic rings. The number of aromatic nitrogens is 1. The minimum Gasteiger partial charge on any atom is -0.408 e. The number of piperazine rings is 1. The van der Waals surface area contributed by atoms with Crippen molar-refractivity contribution in [2.45, 2.75) is 25.8 Å². The molecular weight excluding hydrogens is 366 g/mol. The Morgan fingerprint density at radius 2 is 1.62 bits per heavy atom. The zero-order valence-corrected chi connectivity index (χ0v) is 16.6. The summed E-state index contributed by atoms with van der Waals surface area (Å²) >= 11 is 0. The summed E-state index contributed by atoms with van der Waals surface area (Å²) in [4.78, 5) is 28.9. The van der Waals surface area contributed by atoms with Crippen LogP contribution in [-0.2, 0) is 17.8 Å². The molecule has 6 heteroatoms. The topological polar surface area (TPSA) is 58.7 Å². The van der Waals surface area contributed by atoms with Crippen molar-refractivity contribution in [3.05, 3.63) is 70.7 Å². The fourth-order valence-corrected chi connectivity index (χ4v) is 3.92. The predicted octanol–water partition coefficient (Wildman–Crippen LogP) is 2.76. The highest BCUT2D eigenvalue weighted by Crippen LogP contribution is 2.13. The van der Waals surface area contributed by atoms with E-state index in [1.165, 1.54) is 5.56 Å². The molecule has 4 rings (SSSR count). The molecule has 6 nitrogen and oxygen atoms in total. The molecular formula is C23H27N3O3. The number of para-hydroxylation sites is 2. The zero-order valence-electron chi connectivity index (χ0n) is 16.6. The number of hydrogen-bond donors (Lipinski definition) is 0. The Kier molecular flexibility index (Phi) is 6.10. The van der Waals surface area contributed by atoms with Gasteiger partial charge in [-0.2, -0.15) is 0 Å². The molecule has 1 aliphatic rings. The van der Waals surface area contributed by atoms with Crippen LogP contribution < -0.4 is 5.76 Å². The van der Waals surface area contributed by atoms with Crippen LogP contribution >= 0.6 is 0 Å². The van der Waals surface area contributed by atoms with E-state index in [2.05, 4.69) is 29.2 Å². The van der Waals surface area contributed by atoms with Crippen LogP contribution in [-0.4, -0.2) is 53.0 Å². The average molecular weight is 393 g/mol. The Morgan fingerprint density at radius 3 is 2.41 bits per heavy atom. The van der Waals surface area contributed by atoms with Gasteiger partial charge in [0.1, 0.15) is 0 Å². The lowest BCUT2D eigenvalue weighted by Gasteiger charge is -2.34. The molecule has 1 fully saturated rings. The zero-order chi connectivity index (χ0) is 20.1. The number of carbonyl (C=O) groups is 1. The van der Waals surface area contributed by atoms with E-state index in [1.54, 1.807) is 10.6 Å². The summed E-state index contributed by atoms with van der Waals surface area (Å²) in [6.07, 6.45) is 2.13. The van der Waals surface area contributed by atoms with Crippen LogP contribution in [0.3, 0.4) is 0 Å². The first-order valence-corrected chi connectivity index (χ1v) is 10.3. The van der Waals surface area contributed by atoms with E-state index in [9.17, 15) is 9.59 Å². The van der Waals surface area contributed by atoms with Gasteiger partial charge in [0.2, 0.25) is 5.91 Å². The predicted molar refractivity (Wildman–Crippen MR) is 113 cm³/mol. The molecule has 0 unspecified atom stereocenters. The second-order valence-corrected chi connectivity index (χ2v) is 7.55. The molecule has 0 N–H and O–H groups in total. The van der Waals surface area contributed by atoms with E-state index in [0.717, 1.165) is 44.7 Å². The van der Waals surface area contributed by atoms with Crippen molar-refractivity contribution in [1.82, 2.24) is 14.4 Å². The summed E-state index contributed by atoms with van der Waals surface area (Å²) in [6, 6.07) is 17.9. The summed E-state index contributed by atoms with van der Waals surface area (Å²) in [5, 5.41) is 0. The van der Waals surface area contributed by atoms with E-state index in [0.29, 0.717) is 25.0 Å². The van der Waals surface area contributed by atoms with E-state index in [4.69, 9.17) is 4.42 Å². The van der Waals surface area contributed by atoms with Gasteiger partial charge in [0, 0.05) is 45.7 Å². The van der Waals surface area contributed by atoms with Crippen molar-refractivity contribution in [3.63, 3.8) is 0 Å². The molecule has 0 spiro atoms. The van der Waals surface area contributed by atoms with Crippen molar-refractivity contribution < 1.29 is 9.21 Å². The molecule has 0 saturated carbocycles. The van der Waals surface area contributed by atoms with Crippen LogP contribution in [0.15, 0.2) is 63.8 Å². The van der Waals surface area contributed by atoms with Gasteiger partial charge in [0.05, 0.1) is 5.52 Å². The molecule has 1 saturated heterocycles. The first-order chi connectivity index (χ1) is 14.2. The minimum absolute atomic E-state index is 0.175. The van der Waals surface area contributed by atoms with Crippen LogP contribution in [0.1, 0.15) is 18.4 Å². The number of hydrogen-bond acceptors (Lipinski definition) is 4.